The molecule has 2 aliphatic carbocycles. The molecule has 0 radical (unpaired) electrons. The molecule has 31 heavy (non-hydrogen) atoms. The molecule has 0 unspecified atom stereocenters. The molecular weight excluding hydrogens is 382 g/mol. The Kier molecular flexibility index (Phi) is 7.46. The van der Waals surface area contributed by atoms with Crippen LogP contribution >= 0.6 is 0 Å². The lowest BCUT2D eigenvalue weighted by Gasteiger charge is -2.56. The van der Waals surface area contributed by atoms with Crippen molar-refractivity contribution < 1.29 is 9.59 Å². The summed E-state index contributed by atoms with van der Waals surface area (Å²) in [4.78, 5) is 25.7. The molecule has 1 aromatic carbocycles. The predicted octanol–water partition coefficient (Wildman–Crippen LogP) is 6.08. The summed E-state index contributed by atoms with van der Waals surface area (Å²) < 4.78 is 0. The average molecular weight is 426 g/mol. The zero-order valence-electron chi connectivity index (χ0n) is 20.7. The third-order valence-electron chi connectivity index (χ3n) is 8.31. The van der Waals surface area contributed by atoms with E-state index in [2.05, 4.69) is 50.8 Å². The number of aryl methyl sites for hydroxylation is 1. The van der Waals surface area contributed by atoms with Crippen LogP contribution in [0.1, 0.15) is 103 Å². The van der Waals surface area contributed by atoms with E-state index >= 15 is 0 Å². The fourth-order valence-corrected chi connectivity index (χ4v) is 6.60. The van der Waals surface area contributed by atoms with Gasteiger partial charge in [-0.2, -0.15) is 0 Å². The molecule has 2 aliphatic rings. The summed E-state index contributed by atoms with van der Waals surface area (Å²) in [7, 11) is 0. The van der Waals surface area contributed by atoms with Gasteiger partial charge < -0.3 is 4.90 Å². The lowest BCUT2D eigenvalue weighted by molar-refractivity contribution is -0.117. The smallest absolute Gasteiger partial charge is 0.131 e. The molecule has 3 nitrogen and oxygen atoms in total. The van der Waals surface area contributed by atoms with Gasteiger partial charge in [0.25, 0.3) is 0 Å². The molecule has 0 N–H and O–H groups in total. The fourth-order valence-electron chi connectivity index (χ4n) is 6.60. The predicted molar refractivity (Wildman–Crippen MR) is 129 cm³/mol. The van der Waals surface area contributed by atoms with Crippen LogP contribution in [0.15, 0.2) is 18.2 Å². The first-order valence-electron chi connectivity index (χ1n) is 12.4. The summed E-state index contributed by atoms with van der Waals surface area (Å²) in [5.41, 5.74) is 5.05. The Labute approximate surface area is 190 Å². The number of benzene rings is 1. The van der Waals surface area contributed by atoms with E-state index in [1.165, 1.54) is 37.7 Å². The monoisotopic (exact) mass is 425 g/mol. The van der Waals surface area contributed by atoms with Gasteiger partial charge in [-0.15, -0.1) is 0 Å². The first-order valence-corrected chi connectivity index (χ1v) is 12.4. The molecule has 1 saturated carbocycles. The Balaban J connectivity index is 1.86. The molecular formula is C28H43NO2. The minimum atomic E-state index is 0.217. The van der Waals surface area contributed by atoms with E-state index in [1.807, 2.05) is 0 Å². The highest BCUT2D eigenvalue weighted by Crippen LogP contribution is 2.57. The maximum absolute atomic E-state index is 11.7. The molecule has 0 saturated heterocycles. The number of hydrogen-bond acceptors (Lipinski definition) is 3. The van der Waals surface area contributed by atoms with Crippen LogP contribution < -0.4 is 0 Å². The van der Waals surface area contributed by atoms with Gasteiger partial charge >= 0.3 is 0 Å². The molecule has 1 aromatic rings. The van der Waals surface area contributed by atoms with E-state index in [0.29, 0.717) is 24.7 Å². The summed E-state index contributed by atoms with van der Waals surface area (Å²) in [6, 6.07) is 7.26. The molecule has 0 aromatic heterocycles. The summed E-state index contributed by atoms with van der Waals surface area (Å²) in [6.45, 7) is 15.4. The van der Waals surface area contributed by atoms with Gasteiger partial charge in [0.15, 0.2) is 0 Å². The van der Waals surface area contributed by atoms with Crippen molar-refractivity contribution in [1.29, 1.82) is 0 Å². The maximum Gasteiger partial charge on any atom is 0.131 e. The zero-order chi connectivity index (χ0) is 22.8. The van der Waals surface area contributed by atoms with E-state index in [1.54, 1.807) is 25.0 Å². The maximum atomic E-state index is 11.7. The Bertz CT molecular complexity index is 795. The van der Waals surface area contributed by atoms with E-state index in [9.17, 15) is 9.59 Å². The molecule has 0 spiro atoms. The second-order valence-corrected chi connectivity index (χ2v) is 11.3. The van der Waals surface area contributed by atoms with Crippen molar-refractivity contribution in [2.24, 2.45) is 11.3 Å². The molecule has 0 bridgehead atoms. The van der Waals surface area contributed by atoms with E-state index in [0.717, 1.165) is 19.6 Å². The molecule has 3 rings (SSSR count). The topological polar surface area (TPSA) is 37.4 Å². The minimum absolute atomic E-state index is 0.217. The second kappa shape index (κ2) is 9.57. The van der Waals surface area contributed by atoms with Crippen LogP contribution in [0.4, 0.5) is 0 Å². The molecule has 0 amide bonds. The van der Waals surface area contributed by atoms with Gasteiger partial charge in [0.05, 0.1) is 0 Å². The standard InChI is InChI=1S/C28H43NO2/c1-20(2)23-8-10-25-24(18-23)9-11-26-27(5,14-7-15-28(25,26)6)19-29(16-12-21(3)30)17-13-22(4)31/h8,10,18,20,26H,7,9,11-17,19H2,1-6H3/t26-,27-,28+/m0/s1. The van der Waals surface area contributed by atoms with Crippen LogP contribution in [0.5, 0.6) is 0 Å². The van der Waals surface area contributed by atoms with Crippen molar-refractivity contribution in [3.05, 3.63) is 34.9 Å². The normalized spacial score (nSPS) is 27.8. The van der Waals surface area contributed by atoms with Crippen molar-refractivity contribution >= 4 is 11.6 Å². The van der Waals surface area contributed by atoms with E-state index in [4.69, 9.17) is 0 Å². The number of nitrogens with zero attached hydrogens (tertiary/aromatic N) is 1. The van der Waals surface area contributed by atoms with Gasteiger partial charge in [-0.3, -0.25) is 9.59 Å². The Morgan fingerprint density at radius 1 is 1.06 bits per heavy atom. The number of hydrogen-bond donors (Lipinski definition) is 0. The number of Topliss-reactive ketones (excluding diaryl/α,β-unsaturated/α-hetero) is 2. The SMILES string of the molecule is CC(=O)CCN(CCC(C)=O)C[C@]1(C)CCC[C@]2(C)c3ccc(C(C)C)cc3CC[C@@H]12. The average Bonchev–Trinajstić information content (AvgIpc) is 2.69. The first-order chi connectivity index (χ1) is 14.5. The zero-order valence-corrected chi connectivity index (χ0v) is 20.7. The van der Waals surface area contributed by atoms with Crippen molar-refractivity contribution in [3.8, 4) is 0 Å². The van der Waals surface area contributed by atoms with Crippen LogP contribution in [-0.2, 0) is 21.4 Å². The largest absolute Gasteiger partial charge is 0.302 e. The Hall–Kier alpha value is -1.48. The summed E-state index contributed by atoms with van der Waals surface area (Å²) in [6.07, 6.45) is 7.34. The molecule has 3 atom stereocenters. The van der Waals surface area contributed by atoms with Crippen molar-refractivity contribution in [2.45, 2.75) is 97.8 Å². The van der Waals surface area contributed by atoms with Crippen LogP contribution in [0.2, 0.25) is 0 Å². The number of carbonyl (C=O) groups excluding carboxylic acids is 2. The molecule has 3 heteroatoms. The van der Waals surface area contributed by atoms with Crippen molar-refractivity contribution in [2.75, 3.05) is 19.6 Å². The number of carbonyl (C=O) groups is 2. The number of fused-ring (bicyclic) bond motifs is 3. The van der Waals surface area contributed by atoms with Gasteiger partial charge in [0, 0.05) is 32.5 Å². The van der Waals surface area contributed by atoms with Crippen LogP contribution in [-0.4, -0.2) is 36.1 Å². The van der Waals surface area contributed by atoms with E-state index in [-0.39, 0.29) is 22.4 Å². The highest BCUT2D eigenvalue weighted by atomic mass is 16.1. The van der Waals surface area contributed by atoms with Crippen LogP contribution in [0.25, 0.3) is 0 Å². The molecule has 172 valence electrons. The van der Waals surface area contributed by atoms with Crippen molar-refractivity contribution in [1.82, 2.24) is 4.90 Å². The van der Waals surface area contributed by atoms with Crippen LogP contribution in [0.3, 0.4) is 0 Å². The minimum Gasteiger partial charge on any atom is -0.302 e. The highest BCUT2D eigenvalue weighted by molar-refractivity contribution is 5.76. The Morgan fingerprint density at radius 3 is 2.29 bits per heavy atom. The van der Waals surface area contributed by atoms with Gasteiger partial charge in [-0.25, -0.2) is 0 Å². The lowest BCUT2D eigenvalue weighted by Crippen LogP contribution is -2.53. The Morgan fingerprint density at radius 2 is 1.71 bits per heavy atom. The first kappa shape index (κ1) is 24.2. The van der Waals surface area contributed by atoms with Gasteiger partial charge in [0.2, 0.25) is 0 Å². The van der Waals surface area contributed by atoms with Crippen molar-refractivity contribution in [3.63, 3.8) is 0 Å². The summed E-state index contributed by atoms with van der Waals surface area (Å²) in [5.74, 6) is 1.69. The molecule has 0 aliphatic heterocycles. The second-order valence-electron chi connectivity index (χ2n) is 11.3. The number of ketones is 2. The highest BCUT2D eigenvalue weighted by Gasteiger charge is 2.52. The van der Waals surface area contributed by atoms with Gasteiger partial charge in [-0.1, -0.05) is 52.3 Å². The summed E-state index contributed by atoms with van der Waals surface area (Å²) >= 11 is 0. The number of rotatable bonds is 9. The van der Waals surface area contributed by atoms with Gasteiger partial charge in [-0.05, 0) is 78.9 Å². The lowest BCUT2D eigenvalue weighted by atomic mass is 9.49. The quantitative estimate of drug-likeness (QED) is 0.481. The summed E-state index contributed by atoms with van der Waals surface area (Å²) in [5, 5.41) is 0. The van der Waals surface area contributed by atoms with Gasteiger partial charge in [0.1, 0.15) is 11.6 Å². The third-order valence-corrected chi connectivity index (χ3v) is 8.31. The molecule has 1 fully saturated rings. The fraction of sp³-hybridized carbons (Fsp3) is 0.714. The van der Waals surface area contributed by atoms with E-state index < -0.39 is 0 Å². The van der Waals surface area contributed by atoms with Crippen LogP contribution in [0, 0.1) is 11.3 Å². The third kappa shape index (κ3) is 5.30. The molecule has 0 heterocycles.